The molecule has 2 heterocycles. The lowest BCUT2D eigenvalue weighted by Gasteiger charge is -2.50. The predicted molar refractivity (Wildman–Crippen MR) is 142 cm³/mol. The van der Waals surface area contributed by atoms with Gasteiger partial charge in [0, 0.05) is 24.5 Å². The van der Waals surface area contributed by atoms with Crippen molar-refractivity contribution in [3.8, 4) is 5.75 Å². The molecule has 0 bridgehead atoms. The van der Waals surface area contributed by atoms with Crippen LogP contribution in [0.1, 0.15) is 77.7 Å². The molecule has 1 aromatic rings. The van der Waals surface area contributed by atoms with E-state index in [9.17, 15) is 4.79 Å². The number of carbonyl (C=O) groups excluding carboxylic acids is 1. The summed E-state index contributed by atoms with van der Waals surface area (Å²) in [4.78, 5) is 12.9. The van der Waals surface area contributed by atoms with Crippen LogP contribution in [0.4, 0.5) is 0 Å². The van der Waals surface area contributed by atoms with Crippen LogP contribution in [-0.2, 0) is 19.7 Å². The zero-order chi connectivity index (χ0) is 25.6. The molecule has 4 aliphatic rings. The molecule has 1 N–H and O–H groups in total. The van der Waals surface area contributed by atoms with E-state index in [0.29, 0.717) is 18.4 Å². The van der Waals surface area contributed by atoms with Gasteiger partial charge in [0.2, 0.25) is 0 Å². The first kappa shape index (κ1) is 25.8. The lowest BCUT2D eigenvalue weighted by molar-refractivity contribution is -0.146. The molecular formula is C31H45NO4. The number of ether oxygens (including phenoxy) is 3. The van der Waals surface area contributed by atoms with Crippen molar-refractivity contribution in [2.75, 3.05) is 26.8 Å². The van der Waals surface area contributed by atoms with Crippen LogP contribution in [0.5, 0.6) is 5.75 Å². The number of benzene rings is 1. The van der Waals surface area contributed by atoms with Crippen LogP contribution in [0, 0.1) is 23.2 Å². The number of methoxy groups -OCH3 is 1. The number of nitrogens with one attached hydrogen (secondary N) is 1. The van der Waals surface area contributed by atoms with Gasteiger partial charge in [-0.05, 0) is 101 Å². The van der Waals surface area contributed by atoms with Crippen molar-refractivity contribution in [1.82, 2.24) is 5.32 Å². The SMILES string of the molecule is C=C1CCC[C@]2(C)C[C@H]3OC(=O)C(CNCCC4(c5ccc(OC)cc5)CCOC(C)(C)C4)[C@H]3CC12. The largest absolute Gasteiger partial charge is 0.497 e. The van der Waals surface area contributed by atoms with Gasteiger partial charge in [0.1, 0.15) is 11.9 Å². The van der Waals surface area contributed by atoms with Gasteiger partial charge >= 0.3 is 5.97 Å². The van der Waals surface area contributed by atoms with Gasteiger partial charge in [0.05, 0.1) is 18.6 Å². The summed E-state index contributed by atoms with van der Waals surface area (Å²) in [6, 6.07) is 8.57. The van der Waals surface area contributed by atoms with E-state index < -0.39 is 0 Å². The Kier molecular flexibility index (Phi) is 7.01. The van der Waals surface area contributed by atoms with Crippen molar-refractivity contribution in [3.63, 3.8) is 0 Å². The Bertz CT molecular complexity index is 971. The van der Waals surface area contributed by atoms with Gasteiger partial charge in [-0.1, -0.05) is 31.2 Å². The van der Waals surface area contributed by atoms with Crippen LogP contribution in [0.3, 0.4) is 0 Å². The first-order chi connectivity index (χ1) is 17.1. The maximum Gasteiger partial charge on any atom is 0.310 e. The normalized spacial score (nSPS) is 37.7. The highest BCUT2D eigenvalue weighted by molar-refractivity contribution is 5.75. The minimum Gasteiger partial charge on any atom is -0.497 e. The van der Waals surface area contributed by atoms with Gasteiger partial charge in [-0.25, -0.2) is 0 Å². The summed E-state index contributed by atoms with van der Waals surface area (Å²) < 4.78 is 17.5. The molecule has 0 aromatic heterocycles. The molecule has 36 heavy (non-hydrogen) atoms. The van der Waals surface area contributed by atoms with Gasteiger partial charge in [0.15, 0.2) is 0 Å². The Labute approximate surface area is 217 Å². The van der Waals surface area contributed by atoms with Crippen LogP contribution in [0.2, 0.25) is 0 Å². The summed E-state index contributed by atoms with van der Waals surface area (Å²) in [6.45, 7) is 13.6. The number of allylic oxidation sites excluding steroid dienone is 1. The average molecular weight is 496 g/mol. The first-order valence-corrected chi connectivity index (χ1v) is 14.0. The molecule has 2 saturated carbocycles. The summed E-state index contributed by atoms with van der Waals surface area (Å²) in [6.07, 6.45) is 8.73. The molecule has 5 rings (SSSR count). The van der Waals surface area contributed by atoms with E-state index in [-0.39, 0.29) is 34.4 Å². The highest BCUT2D eigenvalue weighted by Gasteiger charge is 2.55. The fourth-order valence-corrected chi connectivity index (χ4v) is 8.10. The fraction of sp³-hybridized carbons (Fsp3) is 0.710. The van der Waals surface area contributed by atoms with Crippen molar-refractivity contribution in [3.05, 3.63) is 42.0 Å². The number of esters is 1. The van der Waals surface area contributed by atoms with Crippen molar-refractivity contribution in [1.29, 1.82) is 0 Å². The standard InChI is InChI=1S/C31H45NO4/c1-21-7-6-12-30(4)18-27-24(17-26(21)30)25(28(33)36-27)19-32-15-13-31(14-16-35-29(2,3)20-31)22-8-10-23(34-5)11-9-22/h8-11,24-27,32H,1,6-7,12-20H2,2-5H3/t24-,25?,26?,27-,30-,31?/m1/s1. The zero-order valence-electron chi connectivity index (χ0n) is 22.7. The van der Waals surface area contributed by atoms with Gasteiger partial charge in [-0.15, -0.1) is 0 Å². The maximum absolute atomic E-state index is 12.9. The van der Waals surface area contributed by atoms with Crippen molar-refractivity contribution in [2.24, 2.45) is 23.2 Å². The zero-order valence-corrected chi connectivity index (χ0v) is 22.7. The summed E-state index contributed by atoms with van der Waals surface area (Å²) >= 11 is 0. The lowest BCUT2D eigenvalue weighted by Crippen LogP contribution is -2.46. The fourth-order valence-electron chi connectivity index (χ4n) is 8.10. The van der Waals surface area contributed by atoms with Crippen LogP contribution in [0.25, 0.3) is 0 Å². The van der Waals surface area contributed by atoms with E-state index in [1.165, 1.54) is 24.0 Å². The molecule has 2 aliphatic carbocycles. The maximum atomic E-state index is 12.9. The van der Waals surface area contributed by atoms with E-state index in [2.05, 4.69) is 56.9 Å². The van der Waals surface area contributed by atoms with Crippen molar-refractivity contribution in [2.45, 2.75) is 89.3 Å². The number of fused-ring (bicyclic) bond motifs is 2. The second kappa shape index (κ2) is 9.79. The molecule has 2 saturated heterocycles. The predicted octanol–water partition coefficient (Wildman–Crippen LogP) is 5.82. The summed E-state index contributed by atoms with van der Waals surface area (Å²) in [7, 11) is 1.71. The topological polar surface area (TPSA) is 56.8 Å². The molecule has 5 heteroatoms. The van der Waals surface area contributed by atoms with Crippen molar-refractivity contribution < 1.29 is 19.0 Å². The van der Waals surface area contributed by atoms with E-state index in [1.807, 2.05) is 0 Å². The lowest BCUT2D eigenvalue weighted by atomic mass is 9.55. The smallest absolute Gasteiger partial charge is 0.310 e. The Morgan fingerprint density at radius 3 is 2.67 bits per heavy atom. The number of hydrogen-bond acceptors (Lipinski definition) is 5. The molecule has 5 nitrogen and oxygen atoms in total. The number of carbonyl (C=O) groups is 1. The van der Waals surface area contributed by atoms with Gasteiger partial charge < -0.3 is 19.5 Å². The third-order valence-corrected chi connectivity index (χ3v) is 10.0. The third-order valence-electron chi connectivity index (χ3n) is 10.0. The Balaban J connectivity index is 1.24. The van der Waals surface area contributed by atoms with Crippen LogP contribution in [-0.4, -0.2) is 44.5 Å². The van der Waals surface area contributed by atoms with Gasteiger partial charge in [-0.3, -0.25) is 4.79 Å². The van der Waals surface area contributed by atoms with E-state index in [0.717, 1.165) is 57.4 Å². The summed E-state index contributed by atoms with van der Waals surface area (Å²) in [5.74, 6) is 1.69. The van der Waals surface area contributed by atoms with Crippen molar-refractivity contribution >= 4 is 5.97 Å². The molecule has 2 aliphatic heterocycles. The second-order valence-electron chi connectivity index (χ2n) is 12.9. The van der Waals surface area contributed by atoms with Crippen LogP contribution in [0.15, 0.2) is 36.4 Å². The minimum atomic E-state index is -0.155. The van der Waals surface area contributed by atoms with Gasteiger partial charge in [-0.2, -0.15) is 0 Å². The molecule has 198 valence electrons. The highest BCUT2D eigenvalue weighted by atomic mass is 16.6. The van der Waals surface area contributed by atoms with E-state index >= 15 is 0 Å². The Hall–Kier alpha value is -1.85. The molecule has 6 atom stereocenters. The molecular weight excluding hydrogens is 450 g/mol. The average Bonchev–Trinajstić information content (AvgIpc) is 3.13. The summed E-state index contributed by atoms with van der Waals surface area (Å²) in [5, 5.41) is 3.69. The number of hydrogen-bond donors (Lipinski definition) is 1. The number of rotatable bonds is 7. The molecule has 4 fully saturated rings. The third kappa shape index (κ3) is 4.86. The Morgan fingerprint density at radius 2 is 1.94 bits per heavy atom. The van der Waals surface area contributed by atoms with Crippen LogP contribution >= 0.6 is 0 Å². The Morgan fingerprint density at radius 1 is 1.17 bits per heavy atom. The quantitative estimate of drug-likeness (QED) is 0.294. The first-order valence-electron chi connectivity index (χ1n) is 14.0. The van der Waals surface area contributed by atoms with E-state index in [4.69, 9.17) is 14.2 Å². The molecule has 0 radical (unpaired) electrons. The molecule has 1 aromatic carbocycles. The van der Waals surface area contributed by atoms with E-state index in [1.54, 1.807) is 7.11 Å². The minimum absolute atomic E-state index is 0.00225. The molecule has 0 spiro atoms. The molecule has 3 unspecified atom stereocenters. The molecule has 0 amide bonds. The van der Waals surface area contributed by atoms with Crippen LogP contribution < -0.4 is 10.1 Å². The van der Waals surface area contributed by atoms with Gasteiger partial charge in [0.25, 0.3) is 0 Å². The monoisotopic (exact) mass is 495 g/mol. The highest BCUT2D eigenvalue weighted by Crippen LogP contribution is 2.56. The summed E-state index contributed by atoms with van der Waals surface area (Å²) in [5.41, 5.74) is 2.89. The second-order valence-corrected chi connectivity index (χ2v) is 12.9.